The van der Waals surface area contributed by atoms with Crippen LogP contribution in [0.1, 0.15) is 16.7 Å². The molecule has 1 aliphatic rings. The molecule has 0 aromatic heterocycles. The normalized spacial score (nSPS) is 15.9. The Morgan fingerprint density at radius 3 is 2.44 bits per heavy atom. The minimum absolute atomic E-state index is 0.139. The Labute approximate surface area is 160 Å². The highest BCUT2D eigenvalue weighted by Gasteiger charge is 2.18. The van der Waals surface area contributed by atoms with E-state index in [1.807, 2.05) is 0 Å². The number of amides is 1. The first-order valence-electron chi connectivity index (χ1n) is 9.20. The van der Waals surface area contributed by atoms with Crippen LogP contribution in [0.15, 0.2) is 53.6 Å². The summed E-state index contributed by atoms with van der Waals surface area (Å²) in [5.74, 6) is -0.00569. The summed E-state index contributed by atoms with van der Waals surface area (Å²) in [6.07, 6.45) is 1.45. The highest BCUT2D eigenvalue weighted by molar-refractivity contribution is 5.85. The number of nitrogens with one attached hydrogen (secondary N) is 1. The third-order valence-corrected chi connectivity index (χ3v) is 4.69. The van der Waals surface area contributed by atoms with Gasteiger partial charge in [0.2, 0.25) is 0 Å². The van der Waals surface area contributed by atoms with Gasteiger partial charge in [0.15, 0.2) is 0 Å². The number of carbonyl (C=O) groups excluding carboxylic acids is 1. The maximum Gasteiger partial charge on any atom is 0.254 e. The van der Waals surface area contributed by atoms with Crippen LogP contribution in [0.5, 0.6) is 5.75 Å². The molecule has 2 N–H and O–H groups in total. The number of para-hydroxylation sites is 1. The lowest BCUT2D eigenvalue weighted by Crippen LogP contribution is -2.48. The zero-order chi connectivity index (χ0) is 19.1. The Bertz CT molecular complexity index is 781. The summed E-state index contributed by atoms with van der Waals surface area (Å²) in [7, 11) is 0. The SMILES string of the molecule is Cc1ccc(CN2CCN(CC(=O)NN=Cc3ccccc3O)CC2)cc1. The summed E-state index contributed by atoms with van der Waals surface area (Å²) in [5.41, 5.74) is 5.70. The van der Waals surface area contributed by atoms with Gasteiger partial charge in [-0.1, -0.05) is 42.0 Å². The van der Waals surface area contributed by atoms with Crippen LogP contribution in [0, 0.1) is 6.92 Å². The van der Waals surface area contributed by atoms with Gasteiger partial charge < -0.3 is 5.11 Å². The second-order valence-electron chi connectivity index (χ2n) is 6.89. The van der Waals surface area contributed by atoms with Gasteiger partial charge >= 0.3 is 0 Å². The molecule has 0 saturated carbocycles. The third kappa shape index (κ3) is 5.91. The molecule has 0 atom stereocenters. The Hall–Kier alpha value is -2.70. The predicted octanol–water partition coefficient (Wildman–Crippen LogP) is 1.97. The van der Waals surface area contributed by atoms with Gasteiger partial charge in [0.05, 0.1) is 12.8 Å². The molecule has 0 radical (unpaired) electrons. The van der Waals surface area contributed by atoms with Gasteiger partial charge in [-0.05, 0) is 24.6 Å². The number of piperazine rings is 1. The zero-order valence-corrected chi connectivity index (χ0v) is 15.6. The van der Waals surface area contributed by atoms with Crippen LogP contribution in [-0.2, 0) is 11.3 Å². The van der Waals surface area contributed by atoms with Crippen molar-refractivity contribution in [2.75, 3.05) is 32.7 Å². The van der Waals surface area contributed by atoms with Gasteiger partial charge in [0.25, 0.3) is 5.91 Å². The molecule has 1 amide bonds. The zero-order valence-electron chi connectivity index (χ0n) is 15.6. The fraction of sp³-hybridized carbons (Fsp3) is 0.333. The first kappa shape index (κ1) is 19.1. The topological polar surface area (TPSA) is 68.2 Å². The molecule has 0 aliphatic carbocycles. The largest absolute Gasteiger partial charge is 0.507 e. The van der Waals surface area contributed by atoms with Gasteiger partial charge in [-0.25, -0.2) is 5.43 Å². The Morgan fingerprint density at radius 2 is 1.74 bits per heavy atom. The van der Waals surface area contributed by atoms with Crippen molar-refractivity contribution < 1.29 is 9.90 Å². The molecule has 6 heteroatoms. The van der Waals surface area contributed by atoms with E-state index in [9.17, 15) is 9.90 Å². The van der Waals surface area contributed by atoms with E-state index in [2.05, 4.69) is 51.5 Å². The van der Waals surface area contributed by atoms with Crippen LogP contribution in [0.3, 0.4) is 0 Å². The summed E-state index contributed by atoms with van der Waals surface area (Å²) in [6, 6.07) is 15.5. The van der Waals surface area contributed by atoms with Crippen molar-refractivity contribution in [3.63, 3.8) is 0 Å². The second-order valence-corrected chi connectivity index (χ2v) is 6.89. The molecule has 0 spiro atoms. The van der Waals surface area contributed by atoms with E-state index in [1.165, 1.54) is 17.3 Å². The number of aromatic hydroxyl groups is 1. The van der Waals surface area contributed by atoms with Gasteiger partial charge in [0, 0.05) is 38.3 Å². The molecule has 0 bridgehead atoms. The molecule has 1 aliphatic heterocycles. The quantitative estimate of drug-likeness (QED) is 0.606. The highest BCUT2D eigenvalue weighted by Crippen LogP contribution is 2.12. The van der Waals surface area contributed by atoms with Gasteiger partial charge in [-0.3, -0.25) is 14.6 Å². The number of aryl methyl sites for hydroxylation is 1. The van der Waals surface area contributed by atoms with Crippen LogP contribution in [0.2, 0.25) is 0 Å². The molecule has 3 rings (SSSR count). The van der Waals surface area contributed by atoms with Crippen molar-refractivity contribution >= 4 is 12.1 Å². The number of nitrogens with zero attached hydrogens (tertiary/aromatic N) is 3. The summed E-state index contributed by atoms with van der Waals surface area (Å²) < 4.78 is 0. The minimum Gasteiger partial charge on any atom is -0.507 e. The number of hydrazone groups is 1. The number of hydrogen-bond donors (Lipinski definition) is 2. The van der Waals surface area contributed by atoms with Gasteiger partial charge in [-0.2, -0.15) is 5.10 Å². The van der Waals surface area contributed by atoms with Crippen LogP contribution in [0.4, 0.5) is 0 Å². The van der Waals surface area contributed by atoms with Crippen molar-refractivity contribution in [3.8, 4) is 5.75 Å². The summed E-state index contributed by atoms with van der Waals surface area (Å²) in [6.45, 7) is 7.00. The lowest BCUT2D eigenvalue weighted by molar-refractivity contribution is -0.122. The number of phenols is 1. The molecule has 1 saturated heterocycles. The predicted molar refractivity (Wildman–Crippen MR) is 107 cm³/mol. The van der Waals surface area contributed by atoms with E-state index in [0.717, 1.165) is 32.7 Å². The van der Waals surface area contributed by atoms with Crippen LogP contribution in [-0.4, -0.2) is 59.8 Å². The first-order valence-corrected chi connectivity index (χ1v) is 9.20. The van der Waals surface area contributed by atoms with E-state index < -0.39 is 0 Å². The summed E-state index contributed by atoms with van der Waals surface area (Å²) >= 11 is 0. The molecule has 2 aromatic carbocycles. The number of benzene rings is 2. The second kappa shape index (κ2) is 9.30. The number of phenolic OH excluding ortho intramolecular Hbond substituents is 1. The molecule has 27 heavy (non-hydrogen) atoms. The Balaban J connectivity index is 1.39. The monoisotopic (exact) mass is 366 g/mol. The average molecular weight is 366 g/mol. The fourth-order valence-corrected chi connectivity index (χ4v) is 3.07. The van der Waals surface area contributed by atoms with Gasteiger partial charge in [0.1, 0.15) is 5.75 Å². The van der Waals surface area contributed by atoms with Crippen molar-refractivity contribution in [2.24, 2.45) is 5.10 Å². The van der Waals surface area contributed by atoms with E-state index in [0.29, 0.717) is 12.1 Å². The highest BCUT2D eigenvalue weighted by atomic mass is 16.3. The standard InChI is InChI=1S/C21H26N4O2/c1-17-6-8-18(9-7-17)15-24-10-12-25(13-11-24)16-21(27)23-22-14-19-4-2-3-5-20(19)26/h2-9,14,26H,10-13,15-16H2,1H3,(H,23,27). The lowest BCUT2D eigenvalue weighted by atomic mass is 10.1. The average Bonchev–Trinajstić information content (AvgIpc) is 2.67. The number of carbonyl (C=O) groups is 1. The van der Waals surface area contributed by atoms with Crippen molar-refractivity contribution in [3.05, 3.63) is 65.2 Å². The van der Waals surface area contributed by atoms with E-state index in [-0.39, 0.29) is 11.7 Å². The molecule has 142 valence electrons. The van der Waals surface area contributed by atoms with E-state index >= 15 is 0 Å². The summed E-state index contributed by atoms with van der Waals surface area (Å²) in [5, 5.41) is 13.6. The molecule has 2 aromatic rings. The molecule has 1 fully saturated rings. The lowest BCUT2D eigenvalue weighted by Gasteiger charge is -2.34. The van der Waals surface area contributed by atoms with Crippen LogP contribution < -0.4 is 5.43 Å². The Kier molecular flexibility index (Phi) is 6.57. The van der Waals surface area contributed by atoms with E-state index in [1.54, 1.807) is 24.3 Å². The van der Waals surface area contributed by atoms with Crippen LogP contribution >= 0.6 is 0 Å². The molecular weight excluding hydrogens is 340 g/mol. The molecule has 0 unspecified atom stereocenters. The molecular formula is C21H26N4O2. The molecule has 1 heterocycles. The molecule has 6 nitrogen and oxygen atoms in total. The third-order valence-electron chi connectivity index (χ3n) is 4.69. The smallest absolute Gasteiger partial charge is 0.254 e. The fourth-order valence-electron chi connectivity index (χ4n) is 3.07. The van der Waals surface area contributed by atoms with Crippen molar-refractivity contribution in [1.29, 1.82) is 0 Å². The van der Waals surface area contributed by atoms with Crippen LogP contribution in [0.25, 0.3) is 0 Å². The maximum atomic E-state index is 12.0. The van der Waals surface area contributed by atoms with Gasteiger partial charge in [-0.15, -0.1) is 0 Å². The summed E-state index contributed by atoms with van der Waals surface area (Å²) in [4.78, 5) is 16.6. The number of rotatable bonds is 6. The number of hydrogen-bond acceptors (Lipinski definition) is 5. The van der Waals surface area contributed by atoms with Crippen molar-refractivity contribution in [1.82, 2.24) is 15.2 Å². The maximum absolute atomic E-state index is 12.0. The van der Waals surface area contributed by atoms with Crippen molar-refractivity contribution in [2.45, 2.75) is 13.5 Å². The Morgan fingerprint density at radius 1 is 1.07 bits per heavy atom. The first-order chi connectivity index (χ1) is 13.1. The van der Waals surface area contributed by atoms with E-state index in [4.69, 9.17) is 0 Å². The minimum atomic E-state index is -0.145.